The largest absolute Gasteiger partial charge is 0.478 e. The highest BCUT2D eigenvalue weighted by molar-refractivity contribution is 6.01. The number of carboxylic acids is 1. The Morgan fingerprint density at radius 2 is 1.00 bits per heavy atom. The number of amides is 2. The van der Waals surface area contributed by atoms with E-state index in [0.29, 0.717) is 36.2 Å². The standard InChI is InChI=1S/C27H30N2O4.C26H28N2O4/c1-28(2)26(30)23-16-29-21-15-18(27(31)32-3)13-14-19(21)24(17-9-5-4-6-10-17)25(29)20-11-7-8-12-22(20)33-23;1-27(2)25(29)22-15-28-20-14-17(26(30)31)12-13-18(20)23(16-8-4-3-5-9-16)24(28)19-10-6-7-11-21(19)32-22/h7-8,11-15,17,23H,4-6,9-10,16H2,1-3H3;6-7,10-14,16,22H,3-5,8-9,15H2,1-2H3,(H,30,31). The molecule has 2 amide bonds. The molecule has 0 saturated heterocycles. The van der Waals surface area contributed by atoms with E-state index in [1.54, 1.807) is 50.1 Å². The first-order valence-corrected chi connectivity index (χ1v) is 23.0. The number of methoxy groups -OCH3 is 1. The first-order chi connectivity index (χ1) is 31.4. The fourth-order valence-corrected chi connectivity index (χ4v) is 10.8. The summed E-state index contributed by atoms with van der Waals surface area (Å²) in [6.07, 6.45) is 10.6. The Morgan fingerprint density at radius 1 is 0.585 bits per heavy atom. The van der Waals surface area contributed by atoms with E-state index < -0.39 is 18.2 Å². The first-order valence-electron chi connectivity index (χ1n) is 23.0. The maximum absolute atomic E-state index is 13.0. The van der Waals surface area contributed by atoms with Gasteiger partial charge in [-0.2, -0.15) is 0 Å². The van der Waals surface area contributed by atoms with E-state index in [4.69, 9.17) is 14.2 Å². The Kier molecular flexibility index (Phi) is 12.2. The van der Waals surface area contributed by atoms with Gasteiger partial charge in [-0.15, -0.1) is 0 Å². The molecule has 2 aromatic heterocycles. The number of carboxylic acid groups (broad SMARTS) is 1. The highest BCUT2D eigenvalue weighted by atomic mass is 16.5. The van der Waals surface area contributed by atoms with Crippen LogP contribution in [-0.4, -0.2) is 95.3 Å². The highest BCUT2D eigenvalue weighted by Gasteiger charge is 2.36. The summed E-state index contributed by atoms with van der Waals surface area (Å²) in [7, 11) is 8.36. The number of likely N-dealkylation sites (N-methyl/N-ethyl adjacent to an activating group) is 2. The van der Waals surface area contributed by atoms with Gasteiger partial charge in [-0.05, 0) is 97.2 Å². The molecule has 0 bridgehead atoms. The summed E-state index contributed by atoms with van der Waals surface area (Å²) in [5, 5.41) is 11.9. The number of hydrogen-bond donors (Lipinski definition) is 1. The van der Waals surface area contributed by atoms with E-state index in [-0.39, 0.29) is 23.3 Å². The third-order valence-corrected chi connectivity index (χ3v) is 13.9. The molecule has 12 heteroatoms. The Hall–Kier alpha value is -6.56. The Bertz CT molecular complexity index is 2810. The second-order valence-electron chi connectivity index (χ2n) is 18.3. The molecule has 1 N–H and O–H groups in total. The van der Waals surface area contributed by atoms with Crippen LogP contribution < -0.4 is 9.47 Å². The molecule has 0 spiro atoms. The van der Waals surface area contributed by atoms with E-state index in [1.165, 1.54) is 56.8 Å². The van der Waals surface area contributed by atoms with Gasteiger partial charge in [0.25, 0.3) is 11.8 Å². The molecule has 4 aliphatic rings. The summed E-state index contributed by atoms with van der Waals surface area (Å²) in [4.78, 5) is 53.3. The molecule has 4 aromatic carbocycles. The Morgan fingerprint density at radius 3 is 1.42 bits per heavy atom. The lowest BCUT2D eigenvalue weighted by atomic mass is 9.81. The average molecular weight is 879 g/mol. The minimum absolute atomic E-state index is 0.0807. The smallest absolute Gasteiger partial charge is 0.337 e. The molecule has 65 heavy (non-hydrogen) atoms. The molecule has 2 saturated carbocycles. The van der Waals surface area contributed by atoms with E-state index in [2.05, 4.69) is 21.3 Å². The van der Waals surface area contributed by atoms with Crippen molar-refractivity contribution in [2.45, 2.75) is 101 Å². The van der Waals surface area contributed by atoms with Crippen molar-refractivity contribution in [3.05, 3.63) is 107 Å². The summed E-state index contributed by atoms with van der Waals surface area (Å²) < 4.78 is 21.9. The van der Waals surface area contributed by atoms with Crippen molar-refractivity contribution in [1.82, 2.24) is 18.9 Å². The van der Waals surface area contributed by atoms with Crippen molar-refractivity contribution in [2.75, 3.05) is 35.3 Å². The number of aromatic nitrogens is 2. The number of benzene rings is 4. The molecule has 2 fully saturated rings. The summed E-state index contributed by atoms with van der Waals surface area (Å²) in [5.41, 5.74) is 9.31. The average Bonchev–Trinajstić information content (AvgIpc) is 3.67. The van der Waals surface area contributed by atoms with Crippen LogP contribution in [0.15, 0.2) is 84.9 Å². The fraction of sp³-hybridized carbons (Fsp3) is 0.396. The van der Waals surface area contributed by atoms with Crippen molar-refractivity contribution in [2.24, 2.45) is 0 Å². The third kappa shape index (κ3) is 8.12. The fourth-order valence-electron chi connectivity index (χ4n) is 10.8. The third-order valence-electron chi connectivity index (χ3n) is 13.9. The van der Waals surface area contributed by atoms with E-state index in [9.17, 15) is 24.3 Å². The minimum Gasteiger partial charge on any atom is -0.478 e. The quantitative estimate of drug-likeness (QED) is 0.164. The number of hydrogen-bond acceptors (Lipinski definition) is 7. The topological polar surface area (TPSA) is 133 Å². The van der Waals surface area contributed by atoms with E-state index in [0.717, 1.165) is 75.8 Å². The summed E-state index contributed by atoms with van der Waals surface area (Å²) in [5.74, 6) is 0.772. The second kappa shape index (κ2) is 18.1. The van der Waals surface area contributed by atoms with Crippen molar-refractivity contribution in [1.29, 1.82) is 0 Å². The lowest BCUT2D eigenvalue weighted by Crippen LogP contribution is -2.39. The zero-order valence-corrected chi connectivity index (χ0v) is 38.0. The Labute approximate surface area is 379 Å². The van der Waals surface area contributed by atoms with Gasteiger partial charge in [-0.1, -0.05) is 74.9 Å². The van der Waals surface area contributed by atoms with E-state index >= 15 is 0 Å². The monoisotopic (exact) mass is 878 g/mol. The minimum atomic E-state index is -0.951. The maximum Gasteiger partial charge on any atom is 0.337 e. The number of para-hydroxylation sites is 2. The lowest BCUT2D eigenvalue weighted by Gasteiger charge is -2.23. The van der Waals surface area contributed by atoms with Crippen LogP contribution in [0.3, 0.4) is 0 Å². The number of fused-ring (bicyclic) bond motifs is 10. The molecular formula is C53H58N4O8. The van der Waals surface area contributed by atoms with Crippen LogP contribution in [0.4, 0.5) is 0 Å². The van der Waals surface area contributed by atoms with Crippen LogP contribution in [0.5, 0.6) is 11.5 Å². The van der Waals surface area contributed by atoms with Gasteiger partial charge in [0.05, 0.1) is 42.7 Å². The number of rotatable bonds is 6. The molecule has 2 atom stereocenters. The molecule has 6 aromatic rings. The molecule has 2 aliphatic carbocycles. The lowest BCUT2D eigenvalue weighted by molar-refractivity contribution is -0.137. The van der Waals surface area contributed by atoms with Crippen molar-refractivity contribution < 1.29 is 38.5 Å². The van der Waals surface area contributed by atoms with Crippen LogP contribution in [0.25, 0.3) is 44.3 Å². The Balaban J connectivity index is 0.000000164. The van der Waals surface area contributed by atoms with Gasteiger partial charge in [-0.3, -0.25) is 9.59 Å². The predicted octanol–water partition coefficient (Wildman–Crippen LogP) is 9.90. The second-order valence-corrected chi connectivity index (χ2v) is 18.3. The van der Waals surface area contributed by atoms with Gasteiger partial charge in [0.2, 0.25) is 0 Å². The van der Waals surface area contributed by atoms with Gasteiger partial charge in [-0.25, -0.2) is 9.59 Å². The van der Waals surface area contributed by atoms with Crippen LogP contribution in [-0.2, 0) is 27.4 Å². The number of aromatic carboxylic acids is 1. The summed E-state index contributed by atoms with van der Waals surface area (Å²) >= 11 is 0. The van der Waals surface area contributed by atoms with Crippen molar-refractivity contribution in [3.8, 4) is 34.0 Å². The van der Waals surface area contributed by atoms with Crippen LogP contribution >= 0.6 is 0 Å². The van der Waals surface area contributed by atoms with Gasteiger partial charge < -0.3 is 38.3 Å². The predicted molar refractivity (Wildman–Crippen MR) is 251 cm³/mol. The first kappa shape index (κ1) is 43.7. The normalized spacial score (nSPS) is 18.2. The van der Waals surface area contributed by atoms with Crippen LogP contribution in [0, 0.1) is 0 Å². The van der Waals surface area contributed by atoms with Gasteiger partial charge in [0, 0.05) is 61.1 Å². The zero-order chi connectivity index (χ0) is 45.5. The molecule has 2 unspecified atom stereocenters. The summed E-state index contributed by atoms with van der Waals surface area (Å²) in [6, 6.07) is 27.1. The zero-order valence-electron chi connectivity index (χ0n) is 38.0. The molecule has 12 nitrogen and oxygen atoms in total. The van der Waals surface area contributed by atoms with Gasteiger partial charge in [0.15, 0.2) is 12.2 Å². The summed E-state index contributed by atoms with van der Waals surface area (Å²) in [6.45, 7) is 0.724. The number of esters is 1. The number of ether oxygens (including phenoxy) is 3. The molecular weight excluding hydrogens is 821 g/mol. The molecule has 0 radical (unpaired) electrons. The molecule has 2 aliphatic heterocycles. The van der Waals surface area contributed by atoms with Crippen LogP contribution in [0.2, 0.25) is 0 Å². The van der Waals surface area contributed by atoms with E-state index in [1.807, 2.05) is 60.7 Å². The molecule has 338 valence electrons. The SMILES string of the molecule is CN(C)C(=O)C1Cn2c(c(C3CCCCC3)c3ccc(C(=O)O)cc32)-c2ccccc2O1.COC(=O)c1ccc2c(C3CCCCC3)c3n(c2c1)CC(C(=O)N(C)C)Oc1ccccc1-3. The van der Waals surface area contributed by atoms with Crippen molar-refractivity contribution >= 4 is 45.6 Å². The van der Waals surface area contributed by atoms with Gasteiger partial charge in [0.1, 0.15) is 11.5 Å². The molecule has 4 heterocycles. The number of carbonyl (C=O) groups is 4. The maximum atomic E-state index is 13.0. The molecule has 10 rings (SSSR count). The highest BCUT2D eigenvalue weighted by Crippen LogP contribution is 2.49. The number of nitrogens with zero attached hydrogens (tertiary/aromatic N) is 4. The number of carbonyl (C=O) groups excluding carboxylic acids is 3. The van der Waals surface area contributed by atoms with Crippen LogP contribution in [0.1, 0.15) is 108 Å². The van der Waals surface area contributed by atoms with Crippen molar-refractivity contribution in [3.63, 3.8) is 0 Å². The van der Waals surface area contributed by atoms with Gasteiger partial charge >= 0.3 is 11.9 Å².